The van der Waals surface area contributed by atoms with Gasteiger partial charge < -0.3 is 16.0 Å². The number of carbonyl (C=O) groups is 2. The average Bonchev–Trinajstić information content (AvgIpc) is 2.78. The van der Waals surface area contributed by atoms with Crippen LogP contribution in [0.1, 0.15) is 42.9 Å². The van der Waals surface area contributed by atoms with Gasteiger partial charge >= 0.3 is 6.18 Å². The Morgan fingerprint density at radius 2 is 1.88 bits per heavy atom. The van der Waals surface area contributed by atoms with Crippen molar-refractivity contribution in [3.8, 4) is 0 Å². The molecule has 178 valence electrons. The summed E-state index contributed by atoms with van der Waals surface area (Å²) in [6.07, 6.45) is -0.555. The van der Waals surface area contributed by atoms with Gasteiger partial charge in [-0.3, -0.25) is 14.9 Å². The van der Waals surface area contributed by atoms with Crippen LogP contribution >= 0.6 is 0 Å². The van der Waals surface area contributed by atoms with Crippen LogP contribution in [0.15, 0.2) is 42.6 Å². The van der Waals surface area contributed by atoms with Crippen molar-refractivity contribution in [3.63, 3.8) is 0 Å². The zero-order valence-electron chi connectivity index (χ0n) is 18.4. The molecule has 2 aromatic rings. The molecule has 1 aromatic heterocycles. The molecule has 1 aromatic carbocycles. The average molecular weight is 464 g/mol. The number of aromatic nitrogens is 1. The standard InChI is InChI=1S/C23H28F3N5O2/c1-15(32)31(21-4-2-3-11-28-21)19(12-16-5-8-18(9-6-16)23(24,25)26)22(33)30-14-17-7-10-20(27)29-13-17/h5-10,13,19,21,28H,2-4,11-12,14H2,1H3,(H2,27,29)(H,30,33)/t19-,21?/m0/s1. The molecule has 0 spiro atoms. The number of pyridine rings is 1. The van der Waals surface area contributed by atoms with Crippen LogP contribution in [0.25, 0.3) is 0 Å². The molecule has 2 heterocycles. The minimum Gasteiger partial charge on any atom is -0.384 e. The second kappa shape index (κ2) is 10.7. The third-order valence-electron chi connectivity index (χ3n) is 5.65. The predicted molar refractivity (Wildman–Crippen MR) is 118 cm³/mol. The number of rotatable bonds is 7. The van der Waals surface area contributed by atoms with Crippen LogP contribution in [0.5, 0.6) is 0 Å². The third kappa shape index (κ3) is 6.67. The molecule has 1 fully saturated rings. The molecule has 7 nitrogen and oxygen atoms in total. The number of nitrogens with one attached hydrogen (secondary N) is 2. The van der Waals surface area contributed by atoms with Gasteiger partial charge in [0, 0.05) is 26.1 Å². The van der Waals surface area contributed by atoms with Crippen molar-refractivity contribution >= 4 is 17.6 Å². The smallest absolute Gasteiger partial charge is 0.384 e. The predicted octanol–water partition coefficient (Wildman–Crippen LogP) is 2.86. The van der Waals surface area contributed by atoms with Crippen LogP contribution in [0, 0.1) is 0 Å². The van der Waals surface area contributed by atoms with Crippen molar-refractivity contribution in [3.05, 3.63) is 59.3 Å². The lowest BCUT2D eigenvalue weighted by atomic mass is 9.99. The lowest BCUT2D eigenvalue weighted by molar-refractivity contribution is -0.143. The Kier molecular flexibility index (Phi) is 7.91. The normalized spacial score (nSPS) is 17.3. The quantitative estimate of drug-likeness (QED) is 0.586. The summed E-state index contributed by atoms with van der Waals surface area (Å²) in [7, 11) is 0. The number of piperidine rings is 1. The van der Waals surface area contributed by atoms with Gasteiger partial charge in [0.25, 0.3) is 0 Å². The highest BCUT2D eigenvalue weighted by atomic mass is 19.4. The zero-order chi connectivity index (χ0) is 24.0. The molecule has 2 atom stereocenters. The number of halogens is 3. The van der Waals surface area contributed by atoms with E-state index in [4.69, 9.17) is 5.73 Å². The largest absolute Gasteiger partial charge is 0.416 e. The molecule has 10 heteroatoms. The van der Waals surface area contributed by atoms with Crippen LogP contribution in [0.2, 0.25) is 0 Å². The van der Waals surface area contributed by atoms with Gasteiger partial charge in [-0.05, 0) is 55.1 Å². The number of nitrogens with two attached hydrogens (primary N) is 1. The van der Waals surface area contributed by atoms with Crippen molar-refractivity contribution in [1.29, 1.82) is 0 Å². The second-order valence-corrected chi connectivity index (χ2v) is 8.12. The van der Waals surface area contributed by atoms with E-state index in [0.29, 0.717) is 17.8 Å². The van der Waals surface area contributed by atoms with E-state index in [1.165, 1.54) is 24.0 Å². The summed E-state index contributed by atoms with van der Waals surface area (Å²) in [4.78, 5) is 31.4. The number of amides is 2. The van der Waals surface area contributed by atoms with Crippen molar-refractivity contribution < 1.29 is 22.8 Å². The third-order valence-corrected chi connectivity index (χ3v) is 5.65. The van der Waals surface area contributed by atoms with E-state index in [1.807, 2.05) is 0 Å². The SMILES string of the molecule is CC(=O)N(C1CCCCN1)[C@@H](Cc1ccc(C(F)(F)F)cc1)C(=O)NCc1ccc(N)nc1. The molecule has 1 aliphatic rings. The Labute approximate surface area is 190 Å². The van der Waals surface area contributed by atoms with E-state index < -0.39 is 23.7 Å². The molecule has 33 heavy (non-hydrogen) atoms. The molecular formula is C23H28F3N5O2. The Morgan fingerprint density at radius 3 is 2.42 bits per heavy atom. The fraction of sp³-hybridized carbons (Fsp3) is 0.435. The minimum atomic E-state index is -4.44. The lowest BCUT2D eigenvalue weighted by Gasteiger charge is -2.39. The van der Waals surface area contributed by atoms with E-state index in [0.717, 1.165) is 37.1 Å². The zero-order valence-corrected chi connectivity index (χ0v) is 18.4. The molecule has 2 amide bonds. The maximum absolute atomic E-state index is 13.2. The van der Waals surface area contributed by atoms with Crippen LogP contribution < -0.4 is 16.4 Å². The Morgan fingerprint density at radius 1 is 1.18 bits per heavy atom. The minimum absolute atomic E-state index is 0.0850. The molecule has 0 radical (unpaired) electrons. The van der Waals surface area contributed by atoms with E-state index in [2.05, 4.69) is 15.6 Å². The molecule has 0 aliphatic carbocycles. The van der Waals surface area contributed by atoms with Crippen molar-refractivity contribution in [2.75, 3.05) is 12.3 Å². The van der Waals surface area contributed by atoms with Crippen LogP contribution in [0.4, 0.5) is 19.0 Å². The van der Waals surface area contributed by atoms with Gasteiger partial charge in [0.1, 0.15) is 11.9 Å². The number of benzene rings is 1. The van der Waals surface area contributed by atoms with E-state index >= 15 is 0 Å². The number of alkyl halides is 3. The molecular weight excluding hydrogens is 435 g/mol. The highest BCUT2D eigenvalue weighted by Gasteiger charge is 2.35. The fourth-order valence-electron chi connectivity index (χ4n) is 3.94. The van der Waals surface area contributed by atoms with Gasteiger partial charge in [0.2, 0.25) is 11.8 Å². The number of hydrogen-bond donors (Lipinski definition) is 3. The summed E-state index contributed by atoms with van der Waals surface area (Å²) in [5.74, 6) is -0.318. The van der Waals surface area contributed by atoms with E-state index in [-0.39, 0.29) is 25.0 Å². The van der Waals surface area contributed by atoms with Crippen LogP contribution in [0.3, 0.4) is 0 Å². The monoisotopic (exact) mass is 463 g/mol. The topological polar surface area (TPSA) is 100 Å². The van der Waals surface area contributed by atoms with Gasteiger partial charge in [-0.2, -0.15) is 13.2 Å². The first kappa shape index (κ1) is 24.5. The number of anilines is 1. The van der Waals surface area contributed by atoms with E-state index in [1.54, 1.807) is 18.3 Å². The van der Waals surface area contributed by atoms with Crippen molar-refractivity contribution in [2.24, 2.45) is 0 Å². The van der Waals surface area contributed by atoms with E-state index in [9.17, 15) is 22.8 Å². The number of nitrogens with zero attached hydrogens (tertiary/aromatic N) is 2. The van der Waals surface area contributed by atoms with Crippen molar-refractivity contribution in [1.82, 2.24) is 20.5 Å². The summed E-state index contributed by atoms with van der Waals surface area (Å²) >= 11 is 0. The van der Waals surface area contributed by atoms with Crippen LogP contribution in [-0.4, -0.2) is 40.5 Å². The van der Waals surface area contributed by atoms with Gasteiger partial charge in [-0.25, -0.2) is 4.98 Å². The van der Waals surface area contributed by atoms with Crippen LogP contribution in [-0.2, 0) is 28.7 Å². The summed E-state index contributed by atoms with van der Waals surface area (Å²) in [5.41, 5.74) is 6.09. The molecule has 0 saturated carbocycles. The second-order valence-electron chi connectivity index (χ2n) is 8.12. The maximum atomic E-state index is 13.2. The summed E-state index contributed by atoms with van der Waals surface area (Å²) in [6, 6.07) is 7.13. The Bertz CT molecular complexity index is 942. The molecule has 1 unspecified atom stereocenters. The number of carbonyl (C=O) groups excluding carboxylic acids is 2. The van der Waals surface area contributed by atoms with Crippen molar-refractivity contribution in [2.45, 2.75) is 57.5 Å². The van der Waals surface area contributed by atoms with Gasteiger partial charge in [0.05, 0.1) is 11.7 Å². The fourth-order valence-corrected chi connectivity index (χ4v) is 3.94. The maximum Gasteiger partial charge on any atom is 0.416 e. The molecule has 3 rings (SSSR count). The highest BCUT2D eigenvalue weighted by molar-refractivity contribution is 5.87. The molecule has 1 aliphatic heterocycles. The summed E-state index contributed by atoms with van der Waals surface area (Å²) < 4.78 is 38.8. The first-order valence-electron chi connectivity index (χ1n) is 10.8. The Hall–Kier alpha value is -3.14. The molecule has 1 saturated heterocycles. The molecule has 4 N–H and O–H groups in total. The number of nitrogen functional groups attached to an aromatic ring is 1. The number of hydrogen-bond acceptors (Lipinski definition) is 5. The molecule has 0 bridgehead atoms. The summed E-state index contributed by atoms with van der Waals surface area (Å²) in [5, 5.41) is 6.11. The highest BCUT2D eigenvalue weighted by Crippen LogP contribution is 2.29. The van der Waals surface area contributed by atoms with Gasteiger partial charge in [0.15, 0.2) is 0 Å². The van der Waals surface area contributed by atoms with Gasteiger partial charge in [-0.1, -0.05) is 18.2 Å². The summed E-state index contributed by atoms with van der Waals surface area (Å²) in [6.45, 7) is 2.30. The first-order valence-corrected chi connectivity index (χ1v) is 10.8. The lowest BCUT2D eigenvalue weighted by Crippen LogP contribution is -2.59. The Balaban J connectivity index is 1.83. The first-order chi connectivity index (χ1) is 15.6. The van der Waals surface area contributed by atoms with Gasteiger partial charge in [-0.15, -0.1) is 0 Å².